The number of carbonyl (C=O) groups excluding carboxylic acids is 2. The molecule has 1 rings (SSSR count). The van der Waals surface area contributed by atoms with E-state index in [1.807, 2.05) is 0 Å². The fourth-order valence-corrected chi connectivity index (χ4v) is 1.52. The van der Waals surface area contributed by atoms with Crippen molar-refractivity contribution in [3.8, 4) is 0 Å². The highest BCUT2D eigenvalue weighted by Crippen LogP contribution is 2.02. The number of aromatic amines is 1. The van der Waals surface area contributed by atoms with Crippen LogP contribution in [0.25, 0.3) is 0 Å². The second kappa shape index (κ2) is 6.15. The molecule has 0 fully saturated rings. The molecule has 0 bridgehead atoms. The summed E-state index contributed by atoms with van der Waals surface area (Å²) in [5, 5.41) is 13.3. The Kier molecular flexibility index (Phi) is 4.85. The second-order valence-electron chi connectivity index (χ2n) is 4.53. The molecule has 0 aromatic carbocycles. The van der Waals surface area contributed by atoms with Gasteiger partial charge in [0.25, 0.3) is 5.91 Å². The van der Waals surface area contributed by atoms with Gasteiger partial charge in [-0.1, -0.05) is 13.8 Å². The molecule has 1 heterocycles. The number of amides is 1. The van der Waals surface area contributed by atoms with Gasteiger partial charge in [0, 0.05) is 11.9 Å². The maximum Gasteiger partial charge on any atom is 0.279 e. The molecular formula is C11H18N4O3. The molecular weight excluding hydrogens is 236 g/mol. The number of hydrogen-bond acceptors (Lipinski definition) is 4. The van der Waals surface area contributed by atoms with Gasteiger partial charge in [-0.05, 0) is 5.92 Å². The number of carboxylic acid groups (broad SMARTS) is 1. The first-order valence-corrected chi connectivity index (χ1v) is 5.73. The van der Waals surface area contributed by atoms with Crippen LogP contribution in [0.5, 0.6) is 0 Å². The zero-order chi connectivity index (χ0) is 13.7. The van der Waals surface area contributed by atoms with Gasteiger partial charge in [-0.2, -0.15) is 0 Å². The monoisotopic (exact) mass is 254 g/mol. The van der Waals surface area contributed by atoms with Crippen LogP contribution < -0.4 is 16.2 Å². The summed E-state index contributed by atoms with van der Waals surface area (Å²) in [4.78, 5) is 29.3. The van der Waals surface area contributed by atoms with Crippen molar-refractivity contribution in [3.05, 3.63) is 18.2 Å². The molecule has 0 aliphatic carbocycles. The van der Waals surface area contributed by atoms with Crippen molar-refractivity contribution in [3.63, 3.8) is 0 Å². The van der Waals surface area contributed by atoms with Gasteiger partial charge in [-0.25, -0.2) is 4.98 Å². The second-order valence-corrected chi connectivity index (χ2v) is 4.53. The highest BCUT2D eigenvalue weighted by molar-refractivity contribution is 5.85. The SMILES string of the molecule is CC(C)[C@H](NC(=O)[C@@H]([NH3+])Cc1cnc[nH]1)C(=O)[O-]. The Balaban J connectivity index is 2.56. The molecule has 1 amide bonds. The van der Waals surface area contributed by atoms with E-state index in [2.05, 4.69) is 21.0 Å². The highest BCUT2D eigenvalue weighted by Gasteiger charge is 2.24. The zero-order valence-electron chi connectivity index (χ0n) is 10.5. The third-order valence-corrected chi connectivity index (χ3v) is 2.61. The maximum atomic E-state index is 11.8. The summed E-state index contributed by atoms with van der Waals surface area (Å²) in [6, 6.07) is -1.57. The Morgan fingerprint density at radius 2 is 2.22 bits per heavy atom. The summed E-state index contributed by atoms with van der Waals surface area (Å²) in [6.45, 7) is 3.40. The Morgan fingerprint density at radius 1 is 1.56 bits per heavy atom. The van der Waals surface area contributed by atoms with E-state index in [0.717, 1.165) is 5.69 Å². The van der Waals surface area contributed by atoms with E-state index in [0.29, 0.717) is 6.42 Å². The molecule has 0 aliphatic rings. The molecule has 1 aromatic heterocycles. The first-order chi connectivity index (χ1) is 8.41. The largest absolute Gasteiger partial charge is 0.548 e. The van der Waals surface area contributed by atoms with Crippen molar-refractivity contribution >= 4 is 11.9 Å². The van der Waals surface area contributed by atoms with E-state index >= 15 is 0 Å². The molecule has 7 heteroatoms. The number of H-pyrrole nitrogens is 1. The van der Waals surface area contributed by atoms with Crippen LogP contribution in [-0.4, -0.2) is 33.9 Å². The number of carboxylic acids is 1. The van der Waals surface area contributed by atoms with E-state index in [1.165, 1.54) is 6.33 Å². The number of aliphatic carboxylic acids is 1. The van der Waals surface area contributed by atoms with Crippen molar-refractivity contribution in [2.24, 2.45) is 5.92 Å². The molecule has 0 unspecified atom stereocenters. The predicted octanol–water partition coefficient (Wildman–Crippen LogP) is -2.55. The topological polar surface area (TPSA) is 126 Å². The molecule has 0 spiro atoms. The van der Waals surface area contributed by atoms with Gasteiger partial charge in [0.2, 0.25) is 0 Å². The molecule has 0 aliphatic heterocycles. The third-order valence-electron chi connectivity index (χ3n) is 2.61. The van der Waals surface area contributed by atoms with E-state index in [9.17, 15) is 14.7 Å². The van der Waals surface area contributed by atoms with Crippen LogP contribution >= 0.6 is 0 Å². The molecule has 5 N–H and O–H groups in total. The van der Waals surface area contributed by atoms with Gasteiger partial charge in [0.05, 0.1) is 24.8 Å². The smallest absolute Gasteiger partial charge is 0.279 e. The lowest BCUT2D eigenvalue weighted by Crippen LogP contribution is -2.70. The quantitative estimate of drug-likeness (QED) is 0.516. The van der Waals surface area contributed by atoms with E-state index in [4.69, 9.17) is 0 Å². The number of nitrogens with one attached hydrogen (secondary N) is 2. The third kappa shape index (κ3) is 3.85. The Hall–Kier alpha value is -1.89. The fourth-order valence-electron chi connectivity index (χ4n) is 1.52. The maximum absolute atomic E-state index is 11.8. The minimum Gasteiger partial charge on any atom is -0.548 e. The summed E-state index contributed by atoms with van der Waals surface area (Å²) in [7, 11) is 0. The van der Waals surface area contributed by atoms with E-state index < -0.39 is 24.0 Å². The zero-order valence-corrected chi connectivity index (χ0v) is 10.5. The summed E-state index contributed by atoms with van der Waals surface area (Å²) in [5.74, 6) is -1.93. The van der Waals surface area contributed by atoms with Gasteiger partial charge in [-0.15, -0.1) is 0 Å². The number of rotatable bonds is 6. The van der Waals surface area contributed by atoms with Crippen LogP contribution in [0.2, 0.25) is 0 Å². The minimum atomic E-state index is -1.29. The number of aromatic nitrogens is 2. The van der Waals surface area contributed by atoms with Crippen LogP contribution in [0.4, 0.5) is 0 Å². The lowest BCUT2D eigenvalue weighted by Gasteiger charge is -2.23. The van der Waals surface area contributed by atoms with E-state index in [-0.39, 0.29) is 5.92 Å². The van der Waals surface area contributed by atoms with Crippen molar-refractivity contribution in [1.82, 2.24) is 15.3 Å². The molecule has 7 nitrogen and oxygen atoms in total. The van der Waals surface area contributed by atoms with Crippen molar-refractivity contribution in [2.45, 2.75) is 32.4 Å². The molecule has 18 heavy (non-hydrogen) atoms. The molecule has 0 saturated heterocycles. The van der Waals surface area contributed by atoms with Gasteiger partial charge in [0.15, 0.2) is 6.04 Å². The number of quaternary nitrogens is 1. The van der Waals surface area contributed by atoms with Gasteiger partial charge in [-0.3, -0.25) is 4.79 Å². The van der Waals surface area contributed by atoms with Crippen LogP contribution in [-0.2, 0) is 16.0 Å². The fraction of sp³-hybridized carbons (Fsp3) is 0.545. The Labute approximate surface area is 105 Å². The summed E-state index contributed by atoms with van der Waals surface area (Å²) in [5.41, 5.74) is 4.49. The first kappa shape index (κ1) is 14.2. The van der Waals surface area contributed by atoms with Crippen LogP contribution in [0, 0.1) is 5.92 Å². The molecule has 0 saturated carbocycles. The van der Waals surface area contributed by atoms with Crippen molar-refractivity contribution < 1.29 is 20.4 Å². The Morgan fingerprint density at radius 3 is 2.67 bits per heavy atom. The first-order valence-electron chi connectivity index (χ1n) is 5.73. The van der Waals surface area contributed by atoms with Crippen LogP contribution in [0.15, 0.2) is 12.5 Å². The summed E-state index contributed by atoms with van der Waals surface area (Å²) >= 11 is 0. The predicted molar refractivity (Wildman–Crippen MR) is 60.7 cm³/mol. The van der Waals surface area contributed by atoms with Crippen molar-refractivity contribution in [1.29, 1.82) is 0 Å². The number of hydrogen-bond donors (Lipinski definition) is 3. The highest BCUT2D eigenvalue weighted by atomic mass is 16.4. The van der Waals surface area contributed by atoms with E-state index in [1.54, 1.807) is 20.0 Å². The van der Waals surface area contributed by atoms with Gasteiger partial charge in [0.1, 0.15) is 0 Å². The lowest BCUT2D eigenvalue weighted by atomic mass is 10.0. The molecule has 100 valence electrons. The lowest BCUT2D eigenvalue weighted by molar-refractivity contribution is -0.403. The Bertz CT molecular complexity index is 402. The molecule has 2 atom stereocenters. The number of carbonyl (C=O) groups is 2. The van der Waals surface area contributed by atoms with Gasteiger partial charge >= 0.3 is 0 Å². The summed E-state index contributed by atoms with van der Waals surface area (Å²) < 4.78 is 0. The number of nitrogens with zero attached hydrogens (tertiary/aromatic N) is 1. The number of imidazole rings is 1. The normalized spacial score (nSPS) is 14.2. The van der Waals surface area contributed by atoms with Crippen LogP contribution in [0.1, 0.15) is 19.5 Å². The molecule has 1 aromatic rings. The average Bonchev–Trinajstić information content (AvgIpc) is 2.77. The standard InChI is InChI=1S/C11H18N4O3/c1-6(2)9(11(17)18)15-10(16)8(12)3-7-4-13-5-14-7/h4-6,8-9H,3,12H2,1-2H3,(H,13,14)(H,15,16)(H,17,18)/t8-,9-/m0/s1. The van der Waals surface area contributed by atoms with Gasteiger partial charge < -0.3 is 25.9 Å². The van der Waals surface area contributed by atoms with Crippen LogP contribution in [0.3, 0.4) is 0 Å². The summed E-state index contributed by atoms with van der Waals surface area (Å²) in [6.07, 6.45) is 3.49. The molecule has 0 radical (unpaired) electrons. The average molecular weight is 254 g/mol. The minimum absolute atomic E-state index is 0.238. The van der Waals surface area contributed by atoms with Crippen molar-refractivity contribution in [2.75, 3.05) is 0 Å².